The summed E-state index contributed by atoms with van der Waals surface area (Å²) in [6, 6.07) is 16.9. The summed E-state index contributed by atoms with van der Waals surface area (Å²) in [6.07, 6.45) is 2.17. The molecule has 8 nitrogen and oxygen atoms in total. The van der Waals surface area contributed by atoms with Crippen LogP contribution in [0.3, 0.4) is 0 Å². The van der Waals surface area contributed by atoms with Crippen molar-refractivity contribution in [2.75, 3.05) is 26.4 Å². The molecule has 0 aliphatic heterocycles. The van der Waals surface area contributed by atoms with Gasteiger partial charge in [-0.2, -0.15) is 0 Å². The van der Waals surface area contributed by atoms with Gasteiger partial charge in [0, 0.05) is 28.7 Å². The zero-order chi connectivity index (χ0) is 30.7. The second-order valence-corrected chi connectivity index (χ2v) is 9.01. The van der Waals surface area contributed by atoms with Gasteiger partial charge in [0.1, 0.15) is 0 Å². The Morgan fingerprint density at radius 1 is 0.619 bits per heavy atom. The van der Waals surface area contributed by atoms with Crippen molar-refractivity contribution in [2.45, 2.75) is 40.0 Å². The quantitative estimate of drug-likeness (QED) is 0.0846. The van der Waals surface area contributed by atoms with Crippen LogP contribution in [-0.4, -0.2) is 38.4 Å². The Morgan fingerprint density at radius 3 is 1.36 bits per heavy atom. The third-order valence-electron chi connectivity index (χ3n) is 6.49. The fourth-order valence-electron chi connectivity index (χ4n) is 4.70. The molecule has 0 saturated heterocycles. The summed E-state index contributed by atoms with van der Waals surface area (Å²) in [5, 5.41) is 0. The zero-order valence-corrected chi connectivity index (χ0v) is 24.9. The zero-order valence-electron chi connectivity index (χ0n) is 24.9. The van der Waals surface area contributed by atoms with Crippen LogP contribution in [-0.2, 0) is 15.0 Å². The highest BCUT2D eigenvalue weighted by atomic mass is 16.6. The molecule has 0 bridgehead atoms. The van der Waals surface area contributed by atoms with Gasteiger partial charge in [-0.3, -0.25) is 0 Å². The fourth-order valence-corrected chi connectivity index (χ4v) is 4.70. The number of carbonyl (C=O) groups is 2. The second-order valence-electron chi connectivity index (χ2n) is 9.01. The number of esters is 2. The maximum atomic E-state index is 12.2. The van der Waals surface area contributed by atoms with Crippen LogP contribution < -0.4 is 28.4 Å². The fraction of sp³-hybridized carbons (Fsp3) is 0.294. The van der Waals surface area contributed by atoms with Gasteiger partial charge in [0.25, 0.3) is 0 Å². The lowest BCUT2D eigenvalue weighted by Gasteiger charge is -2.35. The number of benzene rings is 3. The molecule has 0 aliphatic rings. The minimum atomic E-state index is -0.935. The van der Waals surface area contributed by atoms with Crippen LogP contribution in [0.25, 0.3) is 0 Å². The van der Waals surface area contributed by atoms with E-state index in [-0.39, 0.29) is 23.0 Å². The summed E-state index contributed by atoms with van der Waals surface area (Å²) in [6.45, 7) is 17.7. The normalized spacial score (nSPS) is 10.8. The summed E-state index contributed by atoms with van der Waals surface area (Å²) >= 11 is 0. The van der Waals surface area contributed by atoms with Crippen molar-refractivity contribution in [3.05, 3.63) is 96.6 Å². The molecule has 3 rings (SSSR count). The summed E-state index contributed by atoms with van der Waals surface area (Å²) in [4.78, 5) is 24.3. The lowest BCUT2D eigenvalue weighted by atomic mass is 9.70. The molecule has 0 heterocycles. The third-order valence-corrected chi connectivity index (χ3v) is 6.49. The highest BCUT2D eigenvalue weighted by Gasteiger charge is 2.40. The highest BCUT2D eigenvalue weighted by Crippen LogP contribution is 2.54. The van der Waals surface area contributed by atoms with Gasteiger partial charge in [0.2, 0.25) is 11.5 Å². The number of rotatable bonds is 15. The van der Waals surface area contributed by atoms with Crippen molar-refractivity contribution in [1.29, 1.82) is 0 Å². The van der Waals surface area contributed by atoms with E-state index in [9.17, 15) is 9.59 Å². The molecule has 3 aromatic carbocycles. The molecule has 8 heteroatoms. The summed E-state index contributed by atoms with van der Waals surface area (Å²) in [5.41, 5.74) is 1.41. The van der Waals surface area contributed by atoms with Crippen molar-refractivity contribution in [3.63, 3.8) is 0 Å². The van der Waals surface area contributed by atoms with Gasteiger partial charge >= 0.3 is 11.9 Å². The van der Waals surface area contributed by atoms with Crippen LogP contribution >= 0.6 is 0 Å². The van der Waals surface area contributed by atoms with Gasteiger partial charge in [0.15, 0.2) is 23.0 Å². The Labute approximate surface area is 247 Å². The summed E-state index contributed by atoms with van der Waals surface area (Å²) in [5.74, 6) is 0.545. The Balaban J connectivity index is 2.48. The van der Waals surface area contributed by atoms with Crippen LogP contribution in [0.1, 0.15) is 51.3 Å². The molecule has 0 unspecified atom stereocenters. The van der Waals surface area contributed by atoms with E-state index in [0.29, 0.717) is 37.9 Å². The van der Waals surface area contributed by atoms with Crippen LogP contribution in [0.2, 0.25) is 0 Å². The van der Waals surface area contributed by atoms with E-state index in [0.717, 1.165) is 28.8 Å². The van der Waals surface area contributed by atoms with Crippen LogP contribution in [0.5, 0.6) is 34.5 Å². The van der Waals surface area contributed by atoms with Gasteiger partial charge in [-0.25, -0.2) is 9.59 Å². The van der Waals surface area contributed by atoms with Crippen molar-refractivity contribution in [3.8, 4) is 34.5 Å². The predicted octanol–water partition coefficient (Wildman–Crippen LogP) is 6.82. The molecule has 0 saturated carbocycles. The van der Waals surface area contributed by atoms with Crippen molar-refractivity contribution in [2.24, 2.45) is 0 Å². The lowest BCUT2D eigenvalue weighted by molar-refractivity contribution is -0.130. The van der Waals surface area contributed by atoms with Crippen LogP contribution in [0.4, 0.5) is 0 Å². The first-order chi connectivity index (χ1) is 20.3. The summed E-state index contributed by atoms with van der Waals surface area (Å²) < 4.78 is 35.6. The minimum absolute atomic E-state index is 0.205. The largest absolute Gasteiger partial charge is 0.489 e. The Bertz CT molecular complexity index is 1330. The molecule has 222 valence electrons. The first kappa shape index (κ1) is 31.8. The molecule has 0 fully saturated rings. The SMILES string of the molecule is C=CC(=O)Oc1ccc(C(C)(c2ccccc2)c2ccc(OC(=O)C=C)c(OCC)c2OCC)c(OCC)c1OCC. The van der Waals surface area contributed by atoms with Crippen molar-refractivity contribution >= 4 is 11.9 Å². The average molecular weight is 575 g/mol. The van der Waals surface area contributed by atoms with Gasteiger partial charge in [-0.05, 0) is 52.3 Å². The van der Waals surface area contributed by atoms with E-state index in [1.54, 1.807) is 12.1 Å². The number of ether oxygens (including phenoxy) is 6. The van der Waals surface area contributed by atoms with E-state index in [4.69, 9.17) is 28.4 Å². The molecular formula is C34H38O8. The monoisotopic (exact) mass is 574 g/mol. The molecule has 42 heavy (non-hydrogen) atoms. The standard InChI is InChI=1S/C34H38O8/c1-8-28(35)41-26-21-19-24(30(37-10-3)32(26)39-12-5)34(7,23-17-15-14-16-18-23)25-20-22-27(42-29(36)9-2)33(40-13-6)31(25)38-11-4/h8-9,14-22H,1-2,10-13H2,3-7H3. The van der Waals surface area contributed by atoms with E-state index >= 15 is 0 Å². The molecule has 0 amide bonds. The van der Waals surface area contributed by atoms with E-state index < -0.39 is 17.4 Å². The molecule has 0 radical (unpaired) electrons. The average Bonchev–Trinajstić information content (AvgIpc) is 3.00. The maximum absolute atomic E-state index is 12.2. The molecule has 0 spiro atoms. The van der Waals surface area contributed by atoms with Gasteiger partial charge < -0.3 is 28.4 Å². The van der Waals surface area contributed by atoms with Crippen molar-refractivity contribution < 1.29 is 38.0 Å². The third kappa shape index (κ3) is 6.60. The Hall–Kier alpha value is -4.72. The molecule has 0 aliphatic carbocycles. The molecular weight excluding hydrogens is 536 g/mol. The number of carbonyl (C=O) groups excluding carboxylic acids is 2. The Kier molecular flexibility index (Phi) is 11.2. The summed E-state index contributed by atoms with van der Waals surface area (Å²) in [7, 11) is 0. The first-order valence-corrected chi connectivity index (χ1v) is 13.9. The van der Waals surface area contributed by atoms with Crippen molar-refractivity contribution in [1.82, 2.24) is 0 Å². The highest BCUT2D eigenvalue weighted by molar-refractivity contribution is 5.85. The van der Waals surface area contributed by atoms with E-state index in [1.807, 2.05) is 77.1 Å². The van der Waals surface area contributed by atoms with E-state index in [1.165, 1.54) is 0 Å². The van der Waals surface area contributed by atoms with Crippen LogP contribution in [0, 0.1) is 0 Å². The number of hydrogen-bond donors (Lipinski definition) is 0. The molecule has 0 atom stereocenters. The first-order valence-electron chi connectivity index (χ1n) is 13.9. The second kappa shape index (κ2) is 14.8. The molecule has 0 aromatic heterocycles. The molecule has 0 N–H and O–H groups in total. The van der Waals surface area contributed by atoms with Gasteiger partial charge in [0.05, 0.1) is 26.4 Å². The van der Waals surface area contributed by atoms with Gasteiger partial charge in [-0.15, -0.1) is 0 Å². The van der Waals surface area contributed by atoms with Gasteiger partial charge in [-0.1, -0.05) is 55.6 Å². The lowest BCUT2D eigenvalue weighted by Crippen LogP contribution is -2.28. The topological polar surface area (TPSA) is 89.5 Å². The predicted molar refractivity (Wildman–Crippen MR) is 161 cm³/mol. The molecule has 3 aromatic rings. The van der Waals surface area contributed by atoms with E-state index in [2.05, 4.69) is 13.2 Å². The number of hydrogen-bond acceptors (Lipinski definition) is 8. The minimum Gasteiger partial charge on any atom is -0.489 e. The van der Waals surface area contributed by atoms with Crippen LogP contribution in [0.15, 0.2) is 79.9 Å². The smallest absolute Gasteiger partial charge is 0.335 e. The Morgan fingerprint density at radius 2 is 1.00 bits per heavy atom. The maximum Gasteiger partial charge on any atom is 0.335 e.